The highest BCUT2D eigenvalue weighted by molar-refractivity contribution is 6.36. The van der Waals surface area contributed by atoms with Gasteiger partial charge < -0.3 is 8.82 Å². The third-order valence-electron chi connectivity index (χ3n) is 12.2. The molecule has 8 aromatic carbocycles. The fourth-order valence-corrected chi connectivity index (χ4v) is 9.99. The fraction of sp³-hybridized carbons (Fsp3) is 0. The van der Waals surface area contributed by atoms with Crippen LogP contribution in [0.4, 0.5) is 0 Å². The number of benzene rings is 8. The second-order valence-corrected chi connectivity index (χ2v) is 14.9. The van der Waals surface area contributed by atoms with E-state index in [1.165, 1.54) is 59.6 Å². The van der Waals surface area contributed by atoms with Gasteiger partial charge in [-0.05, 0) is 53.2 Å². The average molecular weight is 714 g/mol. The Hall–Kier alpha value is -7.70. The molecule has 6 heteroatoms. The number of fused-ring (bicyclic) bond motifs is 18. The summed E-state index contributed by atoms with van der Waals surface area (Å²) in [5, 5.41) is 13.9. The second-order valence-electron chi connectivity index (χ2n) is 14.9. The average Bonchev–Trinajstić information content (AvgIpc) is 4.05. The van der Waals surface area contributed by atoms with Crippen LogP contribution in [-0.4, -0.2) is 23.5 Å². The van der Waals surface area contributed by atoms with Gasteiger partial charge in [-0.15, -0.1) is 0 Å². The molecule has 6 heterocycles. The molecule has 0 aliphatic rings. The highest BCUT2D eigenvalue weighted by Crippen LogP contribution is 2.48. The molecule has 0 N–H and O–H groups in total. The number of para-hydroxylation sites is 5. The van der Waals surface area contributed by atoms with Crippen LogP contribution in [0.1, 0.15) is 0 Å². The second kappa shape index (κ2) is 10.1. The normalized spacial score (nSPS) is 12.6. The monoisotopic (exact) mass is 713 g/mol. The van der Waals surface area contributed by atoms with Gasteiger partial charge in [0.2, 0.25) is 11.7 Å². The Morgan fingerprint density at radius 3 is 1.71 bits per heavy atom. The number of hydrogen-bond acceptors (Lipinski definition) is 3. The Morgan fingerprint density at radius 2 is 0.964 bits per heavy atom. The summed E-state index contributed by atoms with van der Waals surface area (Å²) >= 11 is 0. The van der Waals surface area contributed by atoms with E-state index >= 15 is 0 Å². The molecular weight excluding hydrogens is 687 g/mol. The minimum atomic E-state index is 0.552. The van der Waals surface area contributed by atoms with Crippen LogP contribution in [0.5, 0.6) is 0 Å². The van der Waals surface area contributed by atoms with Crippen LogP contribution in [-0.2, 0) is 0 Å². The molecule has 0 spiro atoms. The van der Waals surface area contributed by atoms with E-state index in [1.54, 1.807) is 0 Å². The molecule has 14 rings (SSSR count). The molecule has 0 aliphatic heterocycles. The maximum absolute atomic E-state index is 6.70. The Bertz CT molecular complexity index is 3960. The minimum Gasteiger partial charge on any atom is -0.437 e. The van der Waals surface area contributed by atoms with Crippen molar-refractivity contribution in [3.05, 3.63) is 164 Å². The molecular formula is C50H27N5O. The zero-order valence-corrected chi connectivity index (χ0v) is 29.7. The Labute approximate surface area is 317 Å². The molecule has 0 saturated heterocycles. The Morgan fingerprint density at radius 1 is 0.375 bits per heavy atom. The lowest BCUT2D eigenvalue weighted by Crippen LogP contribution is -2.06. The maximum atomic E-state index is 6.70. The number of aromatic nitrogens is 5. The van der Waals surface area contributed by atoms with Gasteiger partial charge in [-0.25, -0.2) is 0 Å². The number of furan rings is 1. The zero-order chi connectivity index (χ0) is 36.2. The predicted octanol–water partition coefficient (Wildman–Crippen LogP) is 12.9. The third kappa shape index (κ3) is 3.39. The van der Waals surface area contributed by atoms with Gasteiger partial charge in [0, 0.05) is 48.5 Å². The lowest BCUT2D eigenvalue weighted by molar-refractivity contribution is 0.650. The van der Waals surface area contributed by atoms with Crippen molar-refractivity contribution in [2.24, 2.45) is 0 Å². The molecule has 0 atom stereocenters. The van der Waals surface area contributed by atoms with E-state index in [0.29, 0.717) is 11.7 Å². The van der Waals surface area contributed by atoms with Crippen LogP contribution in [0, 0.1) is 0 Å². The third-order valence-corrected chi connectivity index (χ3v) is 12.2. The van der Waals surface area contributed by atoms with E-state index in [4.69, 9.17) is 14.4 Å². The summed E-state index contributed by atoms with van der Waals surface area (Å²) in [6, 6.07) is 58.6. The molecule has 0 aliphatic carbocycles. The largest absolute Gasteiger partial charge is 0.437 e. The van der Waals surface area contributed by atoms with Crippen LogP contribution in [0.2, 0.25) is 0 Å². The first-order valence-electron chi connectivity index (χ1n) is 19.0. The SMILES string of the molecule is c1ccc2c(c1)ccc1c2c2cc3c4ccccc4n4c5ccccc5c(c2n1-c1nc(-n2c5ccccc5c5ccccc52)nc2oc5ccccc5c12)c34. The molecule has 0 fully saturated rings. The number of nitrogens with zero attached hydrogens (tertiary/aromatic N) is 5. The number of hydrogen-bond donors (Lipinski definition) is 0. The first kappa shape index (κ1) is 28.8. The molecule has 0 saturated carbocycles. The van der Waals surface area contributed by atoms with Gasteiger partial charge in [0.25, 0.3) is 0 Å². The standard InChI is InChI=1S/C50H27N5O/c1-2-14-29-28(13-1)25-26-41-43(29)36-27-35-32-17-5-8-20-37(32)53-40-23-11-6-18-33(40)44(46(35)53)47(36)55(41)48-45-34-19-7-12-24-42(34)56-49(45)52-50(51-48)54-38-21-9-3-15-30(38)31-16-4-10-22-39(31)54/h1-27H. The van der Waals surface area contributed by atoms with E-state index in [2.05, 4.69) is 165 Å². The van der Waals surface area contributed by atoms with E-state index in [0.717, 1.165) is 55.0 Å². The van der Waals surface area contributed by atoms with Gasteiger partial charge in [-0.3, -0.25) is 9.13 Å². The van der Waals surface area contributed by atoms with Crippen molar-refractivity contribution in [1.82, 2.24) is 23.5 Å². The quantitative estimate of drug-likeness (QED) is 0.179. The van der Waals surface area contributed by atoms with Gasteiger partial charge in [0.15, 0.2) is 5.82 Å². The van der Waals surface area contributed by atoms with Crippen molar-refractivity contribution < 1.29 is 4.42 Å². The van der Waals surface area contributed by atoms with Crippen molar-refractivity contribution in [3.63, 3.8) is 0 Å². The molecule has 0 radical (unpaired) electrons. The zero-order valence-electron chi connectivity index (χ0n) is 29.7. The van der Waals surface area contributed by atoms with Crippen molar-refractivity contribution in [2.45, 2.75) is 0 Å². The van der Waals surface area contributed by atoms with E-state index < -0.39 is 0 Å². The Kier molecular flexibility index (Phi) is 5.18. The summed E-state index contributed by atoms with van der Waals surface area (Å²) < 4.78 is 13.8. The highest BCUT2D eigenvalue weighted by atomic mass is 16.3. The summed E-state index contributed by atoms with van der Waals surface area (Å²) in [6.07, 6.45) is 0. The van der Waals surface area contributed by atoms with Crippen molar-refractivity contribution >= 4 is 115 Å². The molecule has 0 amide bonds. The lowest BCUT2D eigenvalue weighted by atomic mass is 10.0. The maximum Gasteiger partial charge on any atom is 0.240 e. The van der Waals surface area contributed by atoms with Crippen LogP contribution in [0.25, 0.3) is 126 Å². The topological polar surface area (TPSA) is 53.2 Å². The van der Waals surface area contributed by atoms with Crippen LogP contribution >= 0.6 is 0 Å². The molecule has 56 heavy (non-hydrogen) atoms. The highest BCUT2D eigenvalue weighted by Gasteiger charge is 2.28. The summed E-state index contributed by atoms with van der Waals surface area (Å²) in [6.45, 7) is 0. The Balaban J connectivity index is 1.27. The van der Waals surface area contributed by atoms with Gasteiger partial charge in [0.1, 0.15) is 5.58 Å². The predicted molar refractivity (Wildman–Crippen MR) is 230 cm³/mol. The fourth-order valence-electron chi connectivity index (χ4n) is 9.99. The van der Waals surface area contributed by atoms with Crippen LogP contribution < -0.4 is 0 Å². The summed E-state index contributed by atoms with van der Waals surface area (Å²) in [5.41, 5.74) is 9.24. The first-order valence-corrected chi connectivity index (χ1v) is 19.0. The van der Waals surface area contributed by atoms with E-state index in [-0.39, 0.29) is 0 Å². The van der Waals surface area contributed by atoms with Crippen LogP contribution in [0.3, 0.4) is 0 Å². The summed E-state index contributed by atoms with van der Waals surface area (Å²) in [5.74, 6) is 1.35. The van der Waals surface area contributed by atoms with E-state index in [1.807, 2.05) is 12.1 Å². The van der Waals surface area contributed by atoms with Gasteiger partial charge in [0.05, 0.1) is 44.0 Å². The van der Waals surface area contributed by atoms with Gasteiger partial charge >= 0.3 is 0 Å². The van der Waals surface area contributed by atoms with Crippen molar-refractivity contribution in [3.8, 4) is 11.8 Å². The smallest absolute Gasteiger partial charge is 0.240 e. The van der Waals surface area contributed by atoms with E-state index in [9.17, 15) is 0 Å². The minimum absolute atomic E-state index is 0.552. The van der Waals surface area contributed by atoms with Gasteiger partial charge in [-0.2, -0.15) is 9.97 Å². The van der Waals surface area contributed by atoms with Crippen molar-refractivity contribution in [2.75, 3.05) is 0 Å². The van der Waals surface area contributed by atoms with Crippen molar-refractivity contribution in [1.29, 1.82) is 0 Å². The molecule has 6 nitrogen and oxygen atoms in total. The molecule has 6 aromatic heterocycles. The lowest BCUT2D eigenvalue weighted by Gasteiger charge is -2.13. The molecule has 258 valence electrons. The van der Waals surface area contributed by atoms with Gasteiger partial charge in [-0.1, -0.05) is 121 Å². The summed E-state index contributed by atoms with van der Waals surface area (Å²) in [4.78, 5) is 11.0. The van der Waals surface area contributed by atoms with Crippen LogP contribution in [0.15, 0.2) is 168 Å². The first-order chi connectivity index (χ1) is 27.8. The molecule has 0 unspecified atom stereocenters. The summed E-state index contributed by atoms with van der Waals surface area (Å²) in [7, 11) is 0. The number of rotatable bonds is 2. The molecule has 0 bridgehead atoms. The molecule has 14 aromatic rings.